The van der Waals surface area contributed by atoms with Gasteiger partial charge in [0.2, 0.25) is 0 Å². The number of thiocarbonyl (C=S) groups is 1. The zero-order valence-corrected chi connectivity index (χ0v) is 26.2. The summed E-state index contributed by atoms with van der Waals surface area (Å²) in [6.07, 6.45) is 1.68. The maximum absolute atomic E-state index is 13.1. The average molecular weight is 735 g/mol. The molecule has 0 radical (unpaired) electrons. The molecule has 3 aromatic carbocycles. The van der Waals surface area contributed by atoms with Gasteiger partial charge in [0.1, 0.15) is 6.61 Å². The van der Waals surface area contributed by atoms with Crippen LogP contribution in [0.1, 0.15) is 18.1 Å². The lowest BCUT2D eigenvalue weighted by Gasteiger charge is -2.16. The van der Waals surface area contributed by atoms with E-state index >= 15 is 0 Å². The van der Waals surface area contributed by atoms with Crippen LogP contribution in [0.15, 0.2) is 59.5 Å². The van der Waals surface area contributed by atoms with Crippen LogP contribution in [0.25, 0.3) is 6.08 Å². The van der Waals surface area contributed by atoms with Crippen LogP contribution in [0.5, 0.6) is 11.5 Å². The van der Waals surface area contributed by atoms with Crippen molar-refractivity contribution in [3.05, 3.63) is 89.3 Å². The quantitative estimate of drug-likeness (QED) is 0.138. The lowest BCUT2D eigenvalue weighted by Crippen LogP contribution is -2.46. The first-order valence-corrected chi connectivity index (χ1v) is 14.7. The molecule has 39 heavy (non-hydrogen) atoms. The molecular weight excluding hydrogens is 716 g/mol. The van der Waals surface area contributed by atoms with Gasteiger partial charge in [-0.25, -0.2) is 10.2 Å². The molecule has 1 aliphatic heterocycles. The lowest BCUT2D eigenvalue weighted by molar-refractivity contribution is -0.123. The van der Waals surface area contributed by atoms with Crippen molar-refractivity contribution in [2.24, 2.45) is 0 Å². The molecule has 13 heteroatoms. The Labute approximate surface area is 263 Å². The van der Waals surface area contributed by atoms with Crippen molar-refractivity contribution in [1.29, 1.82) is 0 Å². The molecule has 1 aliphatic rings. The fourth-order valence-electron chi connectivity index (χ4n) is 3.39. The molecule has 7 nitrogen and oxygen atoms in total. The van der Waals surface area contributed by atoms with Crippen LogP contribution < -0.4 is 20.2 Å². The van der Waals surface area contributed by atoms with Crippen LogP contribution in [-0.4, -0.2) is 27.9 Å². The van der Waals surface area contributed by atoms with Gasteiger partial charge in [0, 0.05) is 16.3 Å². The smallest absolute Gasteiger partial charge is 0.338 e. The van der Waals surface area contributed by atoms with E-state index < -0.39 is 11.9 Å². The molecule has 0 atom stereocenters. The highest BCUT2D eigenvalue weighted by Crippen LogP contribution is 2.38. The zero-order valence-electron chi connectivity index (χ0n) is 20.1. The van der Waals surface area contributed by atoms with Crippen molar-refractivity contribution in [3.8, 4) is 11.5 Å². The highest BCUT2D eigenvalue weighted by atomic mass is 127. The number of anilines is 1. The normalized spacial score (nSPS) is 14.1. The van der Waals surface area contributed by atoms with Gasteiger partial charge in [-0.1, -0.05) is 64.8 Å². The lowest BCUT2D eigenvalue weighted by atomic mass is 10.1. The maximum atomic E-state index is 13.1. The van der Waals surface area contributed by atoms with Gasteiger partial charge < -0.3 is 14.8 Å². The standard InChI is InChI=1S/C26H19Cl3IN3O4S2/c1-2-36-21-10-14(9-20(30)23(21)37-13-15-5-3-4-6-17(15)27)11-22-24(34)33(26(38)39-22)32-25(35)31-16-7-8-18(28)19(29)12-16/h3-12H,2,13H2,1H3,(H2,31,32,35)/b22-11+. The van der Waals surface area contributed by atoms with Gasteiger partial charge in [-0.15, -0.1) is 0 Å². The third kappa shape index (κ3) is 7.50. The number of halogens is 4. The molecule has 3 aromatic rings. The van der Waals surface area contributed by atoms with E-state index in [1.807, 2.05) is 31.2 Å². The molecule has 0 aromatic heterocycles. The molecule has 2 N–H and O–H groups in total. The Morgan fingerprint density at radius 3 is 2.56 bits per heavy atom. The van der Waals surface area contributed by atoms with Gasteiger partial charge in [0.15, 0.2) is 15.8 Å². The molecule has 1 saturated heterocycles. The van der Waals surface area contributed by atoms with E-state index in [-0.39, 0.29) is 16.0 Å². The number of benzene rings is 3. The molecule has 3 amide bonds. The predicted molar refractivity (Wildman–Crippen MR) is 170 cm³/mol. The predicted octanol–water partition coefficient (Wildman–Crippen LogP) is 8.17. The molecule has 0 bridgehead atoms. The second-order valence-corrected chi connectivity index (χ2v) is 11.9. The minimum Gasteiger partial charge on any atom is -0.490 e. The molecule has 202 valence electrons. The van der Waals surface area contributed by atoms with Crippen LogP contribution in [-0.2, 0) is 11.4 Å². The van der Waals surface area contributed by atoms with E-state index in [4.69, 9.17) is 56.5 Å². The van der Waals surface area contributed by atoms with Crippen LogP contribution in [0, 0.1) is 3.57 Å². The number of nitrogens with zero attached hydrogens (tertiary/aromatic N) is 1. The number of thioether (sulfide) groups is 1. The summed E-state index contributed by atoms with van der Waals surface area (Å²) in [4.78, 5) is 25.9. The van der Waals surface area contributed by atoms with Gasteiger partial charge in [0.05, 0.1) is 25.1 Å². The number of urea groups is 1. The topological polar surface area (TPSA) is 79.9 Å². The highest BCUT2D eigenvalue weighted by Gasteiger charge is 2.34. The second kappa shape index (κ2) is 13.4. The number of hydrazine groups is 1. The van der Waals surface area contributed by atoms with E-state index in [0.29, 0.717) is 44.3 Å². The molecule has 1 fully saturated rings. The molecule has 0 saturated carbocycles. The fraction of sp³-hybridized carbons (Fsp3) is 0.115. The zero-order chi connectivity index (χ0) is 28.1. The Morgan fingerprint density at radius 1 is 1.08 bits per heavy atom. The van der Waals surface area contributed by atoms with Crippen molar-refractivity contribution < 1.29 is 19.1 Å². The van der Waals surface area contributed by atoms with Gasteiger partial charge in [-0.05, 0) is 89.8 Å². The number of amides is 3. The van der Waals surface area contributed by atoms with E-state index in [0.717, 1.165) is 25.9 Å². The molecule has 0 aliphatic carbocycles. The Balaban J connectivity index is 1.49. The number of rotatable bonds is 8. The summed E-state index contributed by atoms with van der Waals surface area (Å²) >= 11 is 26.7. The number of carbonyl (C=O) groups is 2. The summed E-state index contributed by atoms with van der Waals surface area (Å²) in [6.45, 7) is 2.56. The van der Waals surface area contributed by atoms with Crippen LogP contribution in [0.2, 0.25) is 15.1 Å². The van der Waals surface area contributed by atoms with Crippen molar-refractivity contribution in [3.63, 3.8) is 0 Å². The maximum Gasteiger partial charge on any atom is 0.338 e. The summed E-state index contributed by atoms with van der Waals surface area (Å²) in [5.74, 6) is 0.626. The summed E-state index contributed by atoms with van der Waals surface area (Å²) < 4.78 is 12.9. The van der Waals surface area contributed by atoms with E-state index in [9.17, 15) is 9.59 Å². The molecule has 1 heterocycles. The van der Waals surface area contributed by atoms with E-state index in [1.54, 1.807) is 30.3 Å². The largest absolute Gasteiger partial charge is 0.490 e. The van der Waals surface area contributed by atoms with Crippen LogP contribution in [0.4, 0.5) is 10.5 Å². The van der Waals surface area contributed by atoms with E-state index in [2.05, 4.69) is 33.3 Å². The van der Waals surface area contributed by atoms with Gasteiger partial charge in [-0.2, -0.15) is 5.01 Å². The molecule has 0 spiro atoms. The van der Waals surface area contributed by atoms with Crippen molar-refractivity contribution >= 4 is 109 Å². The highest BCUT2D eigenvalue weighted by molar-refractivity contribution is 14.1. The van der Waals surface area contributed by atoms with Gasteiger partial charge in [0.25, 0.3) is 5.91 Å². The number of nitrogens with one attached hydrogen (secondary N) is 2. The summed E-state index contributed by atoms with van der Waals surface area (Å²) in [5, 5.41) is 4.85. The number of hydrogen-bond donors (Lipinski definition) is 2. The van der Waals surface area contributed by atoms with Crippen LogP contribution in [0.3, 0.4) is 0 Å². The van der Waals surface area contributed by atoms with Crippen LogP contribution >= 0.6 is 81.4 Å². The molecular formula is C26H19Cl3IN3O4S2. The summed E-state index contributed by atoms with van der Waals surface area (Å²) in [7, 11) is 0. The third-order valence-electron chi connectivity index (χ3n) is 5.14. The second-order valence-electron chi connectivity index (χ2n) is 7.86. The minimum absolute atomic E-state index is 0.176. The van der Waals surface area contributed by atoms with Gasteiger partial charge >= 0.3 is 6.03 Å². The first-order chi connectivity index (χ1) is 18.7. The van der Waals surface area contributed by atoms with Crippen molar-refractivity contribution in [2.75, 3.05) is 11.9 Å². The SMILES string of the molecule is CCOc1cc(/C=C2/SC(=S)N(NC(=O)Nc3ccc(Cl)c(Cl)c3)C2=O)cc(I)c1OCc1ccccc1Cl. The van der Waals surface area contributed by atoms with E-state index in [1.165, 1.54) is 6.07 Å². The number of carbonyl (C=O) groups excluding carboxylic acids is 2. The minimum atomic E-state index is -0.667. The third-order valence-corrected chi connectivity index (χ3v) is 8.36. The van der Waals surface area contributed by atoms with Gasteiger partial charge in [-0.3, -0.25) is 4.79 Å². The first-order valence-electron chi connectivity index (χ1n) is 11.3. The van der Waals surface area contributed by atoms with Crippen molar-refractivity contribution in [1.82, 2.24) is 10.4 Å². The van der Waals surface area contributed by atoms with Crippen molar-refractivity contribution in [2.45, 2.75) is 13.5 Å². The average Bonchev–Trinajstić information content (AvgIpc) is 3.14. The molecule has 0 unspecified atom stereocenters. The summed E-state index contributed by atoms with van der Waals surface area (Å²) in [6, 6.07) is 15.0. The monoisotopic (exact) mass is 733 g/mol. The Hall–Kier alpha value is -2.22. The summed E-state index contributed by atoms with van der Waals surface area (Å²) in [5.41, 5.74) is 4.41. The number of ether oxygens (including phenoxy) is 2. The number of hydrogen-bond acceptors (Lipinski definition) is 6. The molecule has 4 rings (SSSR count). The Morgan fingerprint density at radius 2 is 1.85 bits per heavy atom. The first kappa shape index (κ1) is 29.8. The Bertz CT molecular complexity index is 1490. The Kier molecular flexibility index (Phi) is 10.2. The fourth-order valence-corrected chi connectivity index (χ4v) is 5.84.